The van der Waals surface area contributed by atoms with Gasteiger partial charge in [0.25, 0.3) is 0 Å². The Balaban J connectivity index is 3.09. The minimum atomic E-state index is -3.38. The average molecular weight is 242 g/mol. The number of rotatable bonds is 5. The molecule has 1 aromatic rings. The molecule has 0 atom stereocenters. The van der Waals surface area contributed by atoms with E-state index in [9.17, 15) is 14.2 Å². The fourth-order valence-electron chi connectivity index (χ4n) is 1.38. The molecule has 0 saturated carbocycles. The van der Waals surface area contributed by atoms with Crippen LogP contribution in [0.2, 0.25) is 0 Å². The molecule has 0 heterocycles. The number of benzene rings is 1. The van der Waals surface area contributed by atoms with Gasteiger partial charge in [-0.15, -0.1) is 0 Å². The van der Waals surface area contributed by atoms with Crippen LogP contribution in [0.15, 0.2) is 30.3 Å². The predicted molar refractivity (Wildman–Crippen MR) is 58.7 cm³/mol. The van der Waals surface area contributed by atoms with Crippen LogP contribution in [0.25, 0.3) is 0 Å². The van der Waals surface area contributed by atoms with E-state index in [4.69, 9.17) is 10.2 Å². The molecule has 1 rings (SSSR count). The van der Waals surface area contributed by atoms with E-state index in [1.54, 1.807) is 18.2 Å². The maximum absolute atomic E-state index is 12.3. The van der Waals surface area contributed by atoms with Crippen molar-refractivity contribution in [3.8, 4) is 0 Å². The summed E-state index contributed by atoms with van der Waals surface area (Å²) in [6.45, 7) is 0. The molecule has 0 amide bonds. The van der Waals surface area contributed by atoms with Crippen molar-refractivity contribution in [1.29, 1.82) is 0 Å². The summed E-state index contributed by atoms with van der Waals surface area (Å²) in [4.78, 5) is 21.2. The van der Waals surface area contributed by atoms with Crippen LogP contribution in [-0.4, -0.2) is 34.5 Å². The molecule has 0 fully saturated rings. The molecule has 0 bridgehead atoms. The molecule has 16 heavy (non-hydrogen) atoms. The van der Waals surface area contributed by atoms with Crippen LogP contribution in [0, 0.1) is 0 Å². The third-order valence-corrected chi connectivity index (χ3v) is 4.81. The van der Waals surface area contributed by atoms with E-state index >= 15 is 0 Å². The molecule has 86 valence electrons. The van der Waals surface area contributed by atoms with Gasteiger partial charge in [0.1, 0.15) is 19.5 Å². The standard InChI is InChI=1S/C10H11O5P/c11-9(12)6-16(15,7-10(13)14)8-4-2-1-3-5-8/h1-5H,6-7H2,(H,11,12)(H,13,14). The van der Waals surface area contributed by atoms with Crippen molar-refractivity contribution in [1.82, 2.24) is 0 Å². The Labute approximate surface area is 92.1 Å². The molecule has 6 heteroatoms. The lowest BCUT2D eigenvalue weighted by molar-refractivity contribution is -0.134. The summed E-state index contributed by atoms with van der Waals surface area (Å²) < 4.78 is 12.3. The van der Waals surface area contributed by atoms with Crippen molar-refractivity contribution in [3.05, 3.63) is 30.3 Å². The summed E-state index contributed by atoms with van der Waals surface area (Å²) in [5.74, 6) is -2.51. The van der Waals surface area contributed by atoms with Gasteiger partial charge in [-0.2, -0.15) is 0 Å². The summed E-state index contributed by atoms with van der Waals surface area (Å²) in [6, 6.07) is 7.88. The monoisotopic (exact) mass is 242 g/mol. The Morgan fingerprint density at radius 3 is 1.81 bits per heavy atom. The normalized spacial score (nSPS) is 11.0. The van der Waals surface area contributed by atoms with Crippen molar-refractivity contribution >= 4 is 24.4 Å². The number of carboxylic acid groups (broad SMARTS) is 2. The molecule has 0 aliphatic rings. The van der Waals surface area contributed by atoms with E-state index < -0.39 is 31.4 Å². The highest BCUT2D eigenvalue weighted by Crippen LogP contribution is 2.43. The van der Waals surface area contributed by atoms with E-state index in [-0.39, 0.29) is 0 Å². The van der Waals surface area contributed by atoms with Gasteiger partial charge in [-0.05, 0) is 0 Å². The first kappa shape index (κ1) is 12.5. The summed E-state index contributed by atoms with van der Waals surface area (Å²) in [5, 5.41) is 17.6. The minimum absolute atomic E-state index is 0.291. The second-order valence-corrected chi connectivity index (χ2v) is 6.26. The second-order valence-electron chi connectivity index (χ2n) is 3.33. The van der Waals surface area contributed by atoms with Crippen LogP contribution in [0.1, 0.15) is 0 Å². The molecule has 5 nitrogen and oxygen atoms in total. The molecule has 0 unspecified atom stereocenters. The Kier molecular flexibility index (Phi) is 3.85. The second kappa shape index (κ2) is 4.94. The lowest BCUT2D eigenvalue weighted by Crippen LogP contribution is -2.19. The van der Waals surface area contributed by atoms with Gasteiger partial charge in [0.15, 0.2) is 0 Å². The van der Waals surface area contributed by atoms with E-state index in [1.165, 1.54) is 12.1 Å². The van der Waals surface area contributed by atoms with Crippen LogP contribution in [-0.2, 0) is 14.2 Å². The first-order valence-corrected chi connectivity index (χ1v) is 6.59. The number of carboxylic acids is 2. The maximum atomic E-state index is 12.3. The minimum Gasteiger partial charge on any atom is -0.481 e. The predicted octanol–water partition coefficient (Wildman–Crippen LogP) is 0.844. The van der Waals surface area contributed by atoms with Crippen molar-refractivity contribution in [2.75, 3.05) is 12.3 Å². The first-order chi connectivity index (χ1) is 7.44. The summed E-state index contributed by atoms with van der Waals surface area (Å²) in [6.07, 6.45) is -1.27. The van der Waals surface area contributed by atoms with Crippen LogP contribution >= 0.6 is 7.14 Å². The number of carbonyl (C=O) groups is 2. The molecule has 0 aliphatic carbocycles. The molecule has 0 aliphatic heterocycles. The zero-order valence-electron chi connectivity index (χ0n) is 8.37. The number of aliphatic carboxylic acids is 2. The summed E-state index contributed by atoms with van der Waals surface area (Å²) in [5.41, 5.74) is 0. The highest BCUT2D eigenvalue weighted by atomic mass is 31.2. The quantitative estimate of drug-likeness (QED) is 0.746. The van der Waals surface area contributed by atoms with Crippen LogP contribution < -0.4 is 5.30 Å². The van der Waals surface area contributed by atoms with Gasteiger partial charge in [-0.1, -0.05) is 30.3 Å². The van der Waals surface area contributed by atoms with Gasteiger partial charge in [0.2, 0.25) is 0 Å². The summed E-state index contributed by atoms with van der Waals surface area (Å²) in [7, 11) is -3.38. The maximum Gasteiger partial charge on any atom is 0.311 e. The Bertz CT molecular complexity index is 420. The summed E-state index contributed by atoms with van der Waals surface area (Å²) >= 11 is 0. The van der Waals surface area contributed by atoms with Crippen molar-refractivity contribution in [2.24, 2.45) is 0 Å². The lowest BCUT2D eigenvalue weighted by atomic mass is 10.4. The molecule has 0 radical (unpaired) electrons. The molecule has 0 saturated heterocycles. The Hall–Kier alpha value is -1.61. The van der Waals surface area contributed by atoms with Gasteiger partial charge in [-0.25, -0.2) is 0 Å². The lowest BCUT2D eigenvalue weighted by Gasteiger charge is -2.14. The third-order valence-electron chi connectivity index (χ3n) is 2.01. The number of hydrogen-bond donors (Lipinski definition) is 2. The highest BCUT2D eigenvalue weighted by Gasteiger charge is 2.30. The fraction of sp³-hybridized carbons (Fsp3) is 0.200. The van der Waals surface area contributed by atoms with E-state index in [0.29, 0.717) is 5.30 Å². The van der Waals surface area contributed by atoms with Gasteiger partial charge in [0.05, 0.1) is 0 Å². The van der Waals surface area contributed by atoms with Crippen molar-refractivity contribution in [2.45, 2.75) is 0 Å². The highest BCUT2D eigenvalue weighted by molar-refractivity contribution is 7.73. The zero-order chi connectivity index (χ0) is 12.2. The van der Waals surface area contributed by atoms with Crippen LogP contribution in [0.4, 0.5) is 0 Å². The third kappa shape index (κ3) is 3.21. The molecule has 2 N–H and O–H groups in total. The molecular weight excluding hydrogens is 231 g/mol. The van der Waals surface area contributed by atoms with Crippen LogP contribution in [0.5, 0.6) is 0 Å². The number of hydrogen-bond acceptors (Lipinski definition) is 3. The Morgan fingerprint density at radius 1 is 1.00 bits per heavy atom. The first-order valence-electron chi connectivity index (χ1n) is 4.51. The molecule has 0 aromatic heterocycles. The smallest absolute Gasteiger partial charge is 0.311 e. The SMILES string of the molecule is O=C(O)CP(=O)(CC(=O)O)c1ccccc1. The average Bonchev–Trinajstić information content (AvgIpc) is 2.16. The van der Waals surface area contributed by atoms with E-state index in [1.807, 2.05) is 0 Å². The van der Waals surface area contributed by atoms with Crippen molar-refractivity contribution < 1.29 is 24.4 Å². The molecule has 0 spiro atoms. The van der Waals surface area contributed by atoms with Gasteiger partial charge < -0.3 is 14.8 Å². The van der Waals surface area contributed by atoms with Gasteiger partial charge in [0, 0.05) is 5.30 Å². The zero-order valence-corrected chi connectivity index (χ0v) is 9.26. The topological polar surface area (TPSA) is 91.7 Å². The molecule has 1 aromatic carbocycles. The van der Waals surface area contributed by atoms with Gasteiger partial charge in [-0.3, -0.25) is 9.59 Å². The van der Waals surface area contributed by atoms with E-state index in [2.05, 4.69) is 0 Å². The van der Waals surface area contributed by atoms with Crippen molar-refractivity contribution in [3.63, 3.8) is 0 Å². The Morgan fingerprint density at radius 2 is 1.44 bits per heavy atom. The van der Waals surface area contributed by atoms with E-state index in [0.717, 1.165) is 0 Å². The van der Waals surface area contributed by atoms with Crippen LogP contribution in [0.3, 0.4) is 0 Å². The van der Waals surface area contributed by atoms with Gasteiger partial charge >= 0.3 is 11.9 Å². The molecular formula is C10H11O5P. The fourth-order valence-corrected chi connectivity index (χ4v) is 3.44. The largest absolute Gasteiger partial charge is 0.481 e.